The minimum Gasteiger partial charge on any atom is -0.480 e. The molecule has 0 spiro atoms. The Morgan fingerprint density at radius 1 is 0.935 bits per heavy atom. The Labute approximate surface area is 449 Å². The van der Waals surface area contributed by atoms with E-state index in [9.17, 15) is 24.3 Å². The fourth-order valence-corrected chi connectivity index (χ4v) is 13.2. The van der Waals surface area contributed by atoms with Crippen LogP contribution in [0.15, 0.2) is 48.7 Å². The van der Waals surface area contributed by atoms with Gasteiger partial charge >= 0.3 is 0 Å². The number of ether oxygens (including phenoxy) is 2. The van der Waals surface area contributed by atoms with E-state index >= 15 is 17.6 Å². The number of aromatic nitrogens is 3. The summed E-state index contributed by atoms with van der Waals surface area (Å²) in [4.78, 5) is 60.4. The summed E-state index contributed by atoms with van der Waals surface area (Å²) in [7, 11) is 2.97. The molecule has 3 aromatic carbocycles. The second-order valence-electron chi connectivity index (χ2n) is 21.9. The third-order valence-electron chi connectivity index (χ3n) is 17.3. The minimum atomic E-state index is -1.14. The molecule has 5 aliphatic rings. The van der Waals surface area contributed by atoms with Crippen molar-refractivity contribution in [2.24, 2.45) is 18.4 Å². The Hall–Kier alpha value is -6.15. The van der Waals surface area contributed by atoms with E-state index in [1.165, 1.54) is 23.9 Å². The van der Waals surface area contributed by atoms with E-state index in [1.807, 2.05) is 42.2 Å². The molecule has 4 N–H and O–H groups in total. The highest BCUT2D eigenvalue weighted by molar-refractivity contribution is 6.34. The molecule has 20 heteroatoms. The van der Waals surface area contributed by atoms with Crippen molar-refractivity contribution in [2.45, 2.75) is 107 Å². The summed E-state index contributed by atoms with van der Waals surface area (Å²) in [6.45, 7) is 7.08. The van der Waals surface area contributed by atoms with Crippen LogP contribution in [-0.2, 0) is 27.0 Å². The van der Waals surface area contributed by atoms with Gasteiger partial charge in [-0.15, -0.1) is 0 Å². The normalized spacial score (nSPS) is 24.4. The van der Waals surface area contributed by atoms with Crippen LogP contribution in [0.5, 0.6) is 11.6 Å². The lowest BCUT2D eigenvalue weighted by Crippen LogP contribution is -2.51. The van der Waals surface area contributed by atoms with Crippen LogP contribution in [0.1, 0.15) is 129 Å². The largest absolute Gasteiger partial charge is 0.480 e. The number of pyridine rings is 1. The third kappa shape index (κ3) is 10.1. The lowest BCUT2D eigenvalue weighted by Gasteiger charge is -2.43. The van der Waals surface area contributed by atoms with Gasteiger partial charge in [-0.3, -0.25) is 29.2 Å². The number of amides is 4. The molecule has 0 radical (unpaired) electrons. The maximum atomic E-state index is 16.6. The molecule has 2 aromatic heterocycles. The van der Waals surface area contributed by atoms with Gasteiger partial charge in [-0.25, -0.2) is 22.5 Å². The van der Waals surface area contributed by atoms with Crippen molar-refractivity contribution in [1.82, 2.24) is 40.5 Å². The van der Waals surface area contributed by atoms with Gasteiger partial charge in [0.15, 0.2) is 17.2 Å². The highest BCUT2D eigenvalue weighted by Gasteiger charge is 2.51. The van der Waals surface area contributed by atoms with E-state index in [4.69, 9.17) is 21.1 Å². The topological polar surface area (TPSA) is 180 Å². The summed E-state index contributed by atoms with van der Waals surface area (Å²) in [6.07, 6.45) is 7.15. The number of nitrogens with zero attached hydrogens (tertiary/aromatic N) is 5. The van der Waals surface area contributed by atoms with Crippen LogP contribution in [0.25, 0.3) is 22.0 Å². The monoisotopic (exact) mass is 1080 g/mol. The Bertz CT molecular complexity index is 3100. The average molecular weight is 1090 g/mol. The summed E-state index contributed by atoms with van der Waals surface area (Å²) >= 11 is 6.77. The predicted octanol–water partition coefficient (Wildman–Crippen LogP) is 8.14. The first kappa shape index (κ1) is 54.2. The third-order valence-corrected chi connectivity index (χ3v) is 17.6. The first-order valence-corrected chi connectivity index (χ1v) is 27.2. The fraction of sp³-hybridized carbons (Fsp3) is 0.509. The maximum absolute atomic E-state index is 16.6. The lowest BCUT2D eigenvalue weighted by molar-refractivity contribution is -0.145. The number of rotatable bonds is 14. The smallest absolute Gasteiger partial charge is 0.253 e. The molecule has 3 saturated heterocycles. The number of piperidine rings is 3. The Balaban J connectivity index is 0.755. The zero-order valence-corrected chi connectivity index (χ0v) is 44.5. The second kappa shape index (κ2) is 21.9. The summed E-state index contributed by atoms with van der Waals surface area (Å²) < 4.78 is 78.4. The van der Waals surface area contributed by atoms with Crippen LogP contribution in [-0.4, -0.2) is 119 Å². The number of carbonyl (C=O) groups excluding carboxylic acids is 4. The van der Waals surface area contributed by atoms with Gasteiger partial charge in [0.1, 0.15) is 29.5 Å². The Morgan fingerprint density at radius 2 is 1.65 bits per heavy atom. The zero-order chi connectivity index (χ0) is 54.5. The Morgan fingerprint density at radius 3 is 2.32 bits per heavy atom. The number of nitrogens with one attached hydrogen (secondary N) is 3. The van der Waals surface area contributed by atoms with E-state index in [-0.39, 0.29) is 94.4 Å². The number of hydrogen-bond acceptors (Lipinski definition) is 11. The van der Waals surface area contributed by atoms with Crippen LogP contribution in [0.4, 0.5) is 17.6 Å². The second-order valence-corrected chi connectivity index (χ2v) is 22.3. The van der Waals surface area contributed by atoms with Crippen LogP contribution in [0, 0.1) is 34.6 Å². The quantitative estimate of drug-likeness (QED) is 0.0623. The molecule has 6 heterocycles. The number of imide groups is 1. The lowest BCUT2D eigenvalue weighted by atomic mass is 9.72. The molecule has 1 saturated carbocycles. The molecule has 410 valence electrons. The van der Waals surface area contributed by atoms with Crippen molar-refractivity contribution in [3.05, 3.63) is 105 Å². The molecule has 4 fully saturated rings. The molecule has 5 aromatic rings. The van der Waals surface area contributed by atoms with Crippen molar-refractivity contribution in [1.29, 1.82) is 0 Å². The van der Waals surface area contributed by atoms with Gasteiger partial charge in [0.05, 0.1) is 28.8 Å². The number of benzene rings is 3. The van der Waals surface area contributed by atoms with Crippen LogP contribution in [0.3, 0.4) is 0 Å². The van der Waals surface area contributed by atoms with E-state index in [1.54, 1.807) is 7.05 Å². The maximum Gasteiger partial charge on any atom is 0.253 e. The number of likely N-dealkylation sites (tertiary alicyclic amines) is 2. The van der Waals surface area contributed by atoms with Gasteiger partial charge in [-0.1, -0.05) is 55.8 Å². The molecule has 3 unspecified atom stereocenters. The van der Waals surface area contributed by atoms with E-state index in [0.717, 1.165) is 31.1 Å². The Kier molecular flexibility index (Phi) is 15.4. The van der Waals surface area contributed by atoms with E-state index in [2.05, 4.69) is 37.9 Å². The van der Waals surface area contributed by atoms with Crippen molar-refractivity contribution < 1.29 is 51.3 Å². The standard InChI is InChI=1S/C57H65ClF4N8O7/c1-31-43-41(27-40(60)47(58)46(43)45-38(52(73)63-3)28-64-54(49(45)62)76-25-24-71)77-57(31,34-8-6-5-7-9-34)30-65-35-12-18-56(2,19-13-35)55(75)70-22-14-32(15-23-70)29-69-20-16-33(17-21-69)44-39(59)26-37-50(67-68(4)51(37)48(44)61)36-10-11-42(72)66-53(36)74/h5-9,26-28,31-33,35-36,65,71H,10-25,29-30H2,1-4H3,(H,63,73)(H,66,72,74). The van der Waals surface area contributed by atoms with Crippen molar-refractivity contribution in [3.63, 3.8) is 0 Å². The van der Waals surface area contributed by atoms with Gasteiger partial charge in [0.25, 0.3) is 11.8 Å². The SMILES string of the molecule is CNC(=O)c1cnc(OCCO)c(F)c1-c1c(Cl)c(F)cc2c1C(C)C(CNC1CCC(C)(C(=O)N3CCC(CN4CCC(c5c(F)cc6c(C7CCC(=O)NC7=O)nn(C)c6c5F)CC4)CC3)CC1)(c1ccccc1)O2. The number of hydrogen-bond donors (Lipinski definition) is 4. The highest BCUT2D eigenvalue weighted by atomic mass is 35.5. The first-order valence-electron chi connectivity index (χ1n) is 26.8. The van der Waals surface area contributed by atoms with Crippen LogP contribution in [0.2, 0.25) is 5.02 Å². The highest BCUT2D eigenvalue weighted by Crippen LogP contribution is 2.57. The summed E-state index contributed by atoms with van der Waals surface area (Å²) in [5.74, 6) is -6.26. The van der Waals surface area contributed by atoms with Crippen molar-refractivity contribution in [3.8, 4) is 22.8 Å². The van der Waals surface area contributed by atoms with E-state index in [0.29, 0.717) is 76.2 Å². The zero-order valence-electron chi connectivity index (χ0n) is 43.8. The van der Waals surface area contributed by atoms with Crippen molar-refractivity contribution >= 4 is 46.1 Å². The molecule has 0 bridgehead atoms. The fourth-order valence-electron chi connectivity index (χ4n) is 12.9. The predicted molar refractivity (Wildman–Crippen MR) is 280 cm³/mol. The number of carbonyl (C=O) groups is 4. The number of fused-ring (bicyclic) bond motifs is 2. The molecule has 1 aliphatic carbocycles. The average Bonchev–Trinajstić information content (AvgIpc) is 4.11. The van der Waals surface area contributed by atoms with Crippen LogP contribution < -0.4 is 25.4 Å². The molecule has 3 atom stereocenters. The number of aliphatic hydroxyl groups is 1. The number of aryl methyl sites for hydroxylation is 1. The molecule has 77 heavy (non-hydrogen) atoms. The summed E-state index contributed by atoms with van der Waals surface area (Å²) in [6, 6.07) is 12.0. The number of aliphatic hydroxyl groups excluding tert-OH is 1. The van der Waals surface area contributed by atoms with Gasteiger partial charge in [-0.05, 0) is 94.3 Å². The molecule has 10 rings (SSSR count). The van der Waals surface area contributed by atoms with Gasteiger partial charge < -0.3 is 35.0 Å². The van der Waals surface area contributed by atoms with E-state index < -0.39 is 75.4 Å². The molecular formula is C57H65ClF4N8O7. The van der Waals surface area contributed by atoms with Crippen molar-refractivity contribution in [2.75, 3.05) is 59.5 Å². The molecule has 4 amide bonds. The first-order chi connectivity index (χ1) is 37.0. The molecular weight excluding hydrogens is 1020 g/mol. The van der Waals surface area contributed by atoms with Gasteiger partial charge in [-0.2, -0.15) is 5.10 Å². The molecule has 4 aliphatic heterocycles. The van der Waals surface area contributed by atoms with Crippen LogP contribution >= 0.6 is 11.6 Å². The summed E-state index contributed by atoms with van der Waals surface area (Å²) in [5, 5.41) is 22.2. The van der Waals surface area contributed by atoms with Gasteiger partial charge in [0.2, 0.25) is 17.7 Å². The number of halogens is 5. The minimum absolute atomic E-state index is 0.0123. The summed E-state index contributed by atoms with van der Waals surface area (Å²) in [5.41, 5.74) is -0.591. The molecule has 15 nitrogen and oxygen atoms in total. The van der Waals surface area contributed by atoms with Gasteiger partial charge in [0, 0.05) is 104 Å².